The van der Waals surface area contributed by atoms with E-state index in [1.165, 1.54) is 24.8 Å². The van der Waals surface area contributed by atoms with Crippen molar-refractivity contribution in [2.24, 2.45) is 17.3 Å². The summed E-state index contributed by atoms with van der Waals surface area (Å²) in [6.07, 6.45) is 6.11. The van der Waals surface area contributed by atoms with Crippen molar-refractivity contribution in [1.29, 1.82) is 0 Å². The first-order chi connectivity index (χ1) is 8.80. The van der Waals surface area contributed by atoms with Gasteiger partial charge in [0.05, 0.1) is 5.76 Å². The molecule has 2 N–H and O–H groups in total. The van der Waals surface area contributed by atoms with Crippen molar-refractivity contribution < 1.29 is 5.11 Å². The molecule has 0 spiro atoms. The summed E-state index contributed by atoms with van der Waals surface area (Å²) in [5.41, 5.74) is 2.83. The van der Waals surface area contributed by atoms with Gasteiger partial charge >= 0.3 is 0 Å². The average Bonchev–Trinajstić information content (AvgIpc) is 2.33. The lowest BCUT2D eigenvalue weighted by atomic mass is 9.48. The van der Waals surface area contributed by atoms with E-state index in [0.29, 0.717) is 17.2 Å². The molecule has 108 valence electrons. The van der Waals surface area contributed by atoms with Crippen molar-refractivity contribution in [2.45, 2.75) is 59.9 Å². The normalized spacial score (nSPS) is 33.2. The number of rotatable bonds is 4. The Hall–Kier alpha value is -0.760. The fourth-order valence-corrected chi connectivity index (χ4v) is 3.76. The van der Waals surface area contributed by atoms with Crippen molar-refractivity contribution in [3.05, 3.63) is 23.0 Å². The summed E-state index contributed by atoms with van der Waals surface area (Å²) in [6, 6.07) is 0.636. The molecule has 2 heteroatoms. The minimum Gasteiger partial charge on any atom is -0.512 e. The number of fused-ring (bicyclic) bond motifs is 2. The Morgan fingerprint density at radius 2 is 1.74 bits per heavy atom. The molecule has 0 aromatic rings. The number of hydrogen-bond donors (Lipinski definition) is 2. The smallest absolute Gasteiger partial charge is 0.0936 e. The number of nitrogens with one attached hydrogen (secondary N) is 1. The highest BCUT2D eigenvalue weighted by atomic mass is 16.3. The van der Waals surface area contributed by atoms with Gasteiger partial charge in [0.1, 0.15) is 0 Å². The Kier molecular flexibility index (Phi) is 4.10. The maximum atomic E-state index is 9.73. The van der Waals surface area contributed by atoms with Gasteiger partial charge in [0.25, 0.3) is 0 Å². The predicted octanol–water partition coefficient (Wildman–Crippen LogP) is 4.20. The van der Waals surface area contributed by atoms with Gasteiger partial charge in [-0.2, -0.15) is 0 Å². The first kappa shape index (κ1) is 14.6. The molecule has 3 aliphatic carbocycles. The highest BCUT2D eigenvalue weighted by Gasteiger charge is 2.52. The van der Waals surface area contributed by atoms with Crippen LogP contribution in [0.2, 0.25) is 0 Å². The Morgan fingerprint density at radius 3 is 2.16 bits per heavy atom. The van der Waals surface area contributed by atoms with Crippen LogP contribution < -0.4 is 5.32 Å². The van der Waals surface area contributed by atoms with Gasteiger partial charge in [0.2, 0.25) is 0 Å². The third-order valence-corrected chi connectivity index (χ3v) is 5.32. The van der Waals surface area contributed by atoms with Crippen LogP contribution in [0, 0.1) is 17.3 Å². The van der Waals surface area contributed by atoms with E-state index in [9.17, 15) is 5.11 Å². The highest BCUT2D eigenvalue weighted by molar-refractivity contribution is 5.25. The van der Waals surface area contributed by atoms with E-state index >= 15 is 0 Å². The molecule has 0 saturated heterocycles. The van der Waals surface area contributed by atoms with Gasteiger partial charge in [-0.25, -0.2) is 0 Å². The van der Waals surface area contributed by atoms with E-state index in [4.69, 9.17) is 0 Å². The van der Waals surface area contributed by atoms with Crippen LogP contribution in [0.3, 0.4) is 0 Å². The molecule has 2 atom stereocenters. The fourth-order valence-electron chi connectivity index (χ4n) is 3.76. The molecule has 0 aliphatic heterocycles. The molecule has 0 radical (unpaired) electrons. The minimum atomic E-state index is 0.440. The lowest BCUT2D eigenvalue weighted by Gasteiger charge is -2.59. The van der Waals surface area contributed by atoms with Crippen LogP contribution in [0.5, 0.6) is 0 Å². The molecular formula is C17H29NO. The number of allylic oxidation sites excluding steroid dienone is 2. The molecule has 2 nitrogen and oxygen atoms in total. The molecule has 19 heavy (non-hydrogen) atoms. The Labute approximate surface area is 118 Å². The molecule has 0 aromatic heterocycles. The monoisotopic (exact) mass is 263 g/mol. The Bertz CT molecular complexity index is 383. The second kappa shape index (κ2) is 5.32. The average molecular weight is 263 g/mol. The van der Waals surface area contributed by atoms with Crippen molar-refractivity contribution in [3.8, 4) is 0 Å². The topological polar surface area (TPSA) is 32.3 Å². The largest absolute Gasteiger partial charge is 0.512 e. The zero-order valence-electron chi connectivity index (χ0n) is 13.1. The first-order valence-electron chi connectivity index (χ1n) is 7.57. The lowest BCUT2D eigenvalue weighted by molar-refractivity contribution is -0.0780. The van der Waals surface area contributed by atoms with E-state index in [0.717, 1.165) is 24.0 Å². The third kappa shape index (κ3) is 3.05. The van der Waals surface area contributed by atoms with Gasteiger partial charge in [-0.3, -0.25) is 0 Å². The number of hydrogen-bond acceptors (Lipinski definition) is 2. The van der Waals surface area contributed by atoms with Crippen LogP contribution in [0.4, 0.5) is 0 Å². The minimum absolute atomic E-state index is 0.440. The molecule has 0 amide bonds. The van der Waals surface area contributed by atoms with Gasteiger partial charge in [-0.05, 0) is 57.3 Å². The van der Waals surface area contributed by atoms with E-state index < -0.39 is 0 Å². The molecular weight excluding hydrogens is 234 g/mol. The van der Waals surface area contributed by atoms with Crippen LogP contribution in [0.1, 0.15) is 53.9 Å². The summed E-state index contributed by atoms with van der Waals surface area (Å²) in [4.78, 5) is 0. The van der Waals surface area contributed by atoms with Gasteiger partial charge in [-0.1, -0.05) is 25.5 Å². The third-order valence-electron chi connectivity index (χ3n) is 5.32. The predicted molar refractivity (Wildman–Crippen MR) is 81.2 cm³/mol. The molecule has 3 aliphatic rings. The van der Waals surface area contributed by atoms with Crippen LogP contribution in [-0.4, -0.2) is 17.7 Å². The lowest BCUT2D eigenvalue weighted by Crippen LogP contribution is -2.55. The quantitative estimate of drug-likeness (QED) is 0.588. The van der Waals surface area contributed by atoms with Gasteiger partial charge < -0.3 is 10.4 Å². The molecule has 3 saturated carbocycles. The summed E-state index contributed by atoms with van der Waals surface area (Å²) >= 11 is 0. The molecule has 2 unspecified atom stereocenters. The maximum absolute atomic E-state index is 9.73. The fraction of sp³-hybridized carbons (Fsp3) is 0.765. The van der Waals surface area contributed by atoms with Gasteiger partial charge in [0.15, 0.2) is 0 Å². The van der Waals surface area contributed by atoms with Gasteiger partial charge in [0, 0.05) is 18.2 Å². The van der Waals surface area contributed by atoms with E-state index in [2.05, 4.69) is 39.1 Å². The SMILES string of the molecule is CC(C)=C/C(CNC1CC2CC(C1)C2(C)C)=C(\C)O. The maximum Gasteiger partial charge on any atom is 0.0936 e. The summed E-state index contributed by atoms with van der Waals surface area (Å²) in [5.74, 6) is 2.24. The second-order valence-corrected chi connectivity index (χ2v) is 7.33. The van der Waals surface area contributed by atoms with Crippen molar-refractivity contribution in [3.63, 3.8) is 0 Å². The van der Waals surface area contributed by atoms with E-state index in [1.54, 1.807) is 6.92 Å². The number of aliphatic hydroxyl groups excluding tert-OH is 1. The summed E-state index contributed by atoms with van der Waals surface area (Å²) in [7, 11) is 0. The summed E-state index contributed by atoms with van der Waals surface area (Å²) in [6.45, 7) is 11.6. The van der Waals surface area contributed by atoms with Crippen LogP contribution in [-0.2, 0) is 0 Å². The van der Waals surface area contributed by atoms with Crippen LogP contribution in [0.25, 0.3) is 0 Å². The highest BCUT2D eigenvalue weighted by Crippen LogP contribution is 2.58. The van der Waals surface area contributed by atoms with Crippen LogP contribution >= 0.6 is 0 Å². The van der Waals surface area contributed by atoms with Crippen molar-refractivity contribution >= 4 is 0 Å². The molecule has 0 aromatic carbocycles. The standard InChI is InChI=1S/C17H29NO/c1-11(2)6-13(12(3)19)10-18-16-8-14-7-15(9-16)17(14,4)5/h6,14-16,18-19H,7-10H2,1-5H3/b13-12-. The van der Waals surface area contributed by atoms with Crippen molar-refractivity contribution in [1.82, 2.24) is 5.32 Å². The Balaban J connectivity index is 1.87. The van der Waals surface area contributed by atoms with Crippen molar-refractivity contribution in [2.75, 3.05) is 6.54 Å². The summed E-state index contributed by atoms with van der Waals surface area (Å²) < 4.78 is 0. The molecule has 3 rings (SSSR count). The zero-order chi connectivity index (χ0) is 14.2. The van der Waals surface area contributed by atoms with E-state index in [-0.39, 0.29) is 0 Å². The molecule has 2 bridgehead atoms. The van der Waals surface area contributed by atoms with Crippen LogP contribution in [0.15, 0.2) is 23.0 Å². The van der Waals surface area contributed by atoms with Gasteiger partial charge in [-0.15, -0.1) is 0 Å². The number of aliphatic hydroxyl groups is 1. The Morgan fingerprint density at radius 1 is 1.16 bits per heavy atom. The second-order valence-electron chi connectivity index (χ2n) is 7.33. The van der Waals surface area contributed by atoms with E-state index in [1.807, 2.05) is 0 Å². The first-order valence-corrected chi connectivity index (χ1v) is 7.57. The molecule has 0 heterocycles. The summed E-state index contributed by atoms with van der Waals surface area (Å²) in [5, 5.41) is 13.4. The zero-order valence-corrected chi connectivity index (χ0v) is 13.1. The molecule has 3 fully saturated rings.